The van der Waals surface area contributed by atoms with Gasteiger partial charge in [-0.2, -0.15) is 5.10 Å². The van der Waals surface area contributed by atoms with Gasteiger partial charge < -0.3 is 10.2 Å². The normalized spacial score (nSPS) is 17.5. The highest BCUT2D eigenvalue weighted by Crippen LogP contribution is 2.32. The zero-order valence-electron chi connectivity index (χ0n) is 14.0. The third kappa shape index (κ3) is 3.09. The molecule has 1 aliphatic heterocycles. The molecule has 122 valence electrons. The third-order valence-electron chi connectivity index (χ3n) is 4.66. The molecule has 0 spiro atoms. The number of nitrogens with one attached hydrogen (secondary N) is 1. The summed E-state index contributed by atoms with van der Waals surface area (Å²) in [5.41, 5.74) is 4.40. The number of likely N-dealkylation sites (tertiary alicyclic amines) is 1. The van der Waals surface area contributed by atoms with Crippen LogP contribution in [0, 0.1) is 13.8 Å². The molecule has 5 nitrogen and oxygen atoms in total. The quantitative estimate of drug-likeness (QED) is 0.934. The van der Waals surface area contributed by atoms with Gasteiger partial charge in [-0.15, -0.1) is 0 Å². The van der Waals surface area contributed by atoms with Gasteiger partial charge in [-0.1, -0.05) is 6.07 Å². The monoisotopic (exact) mass is 312 g/mol. The number of carbonyl (C=O) groups excluding carboxylic acids is 1. The highest BCUT2D eigenvalue weighted by Gasteiger charge is 2.32. The van der Waals surface area contributed by atoms with Gasteiger partial charge in [-0.3, -0.25) is 4.68 Å². The molecule has 2 aromatic rings. The molecule has 1 atom stereocenters. The highest BCUT2D eigenvalue weighted by atomic mass is 16.2. The molecular weight excluding hydrogens is 288 g/mol. The largest absolute Gasteiger partial charge is 0.322 e. The van der Waals surface area contributed by atoms with Crippen molar-refractivity contribution in [2.45, 2.75) is 46.2 Å². The van der Waals surface area contributed by atoms with Crippen molar-refractivity contribution in [2.75, 3.05) is 11.9 Å². The molecule has 1 saturated heterocycles. The molecule has 0 aliphatic carbocycles. The van der Waals surface area contributed by atoms with Crippen LogP contribution >= 0.6 is 0 Å². The van der Waals surface area contributed by atoms with Crippen molar-refractivity contribution in [3.63, 3.8) is 0 Å². The van der Waals surface area contributed by atoms with E-state index in [-0.39, 0.29) is 12.1 Å². The molecule has 5 heteroatoms. The number of urea groups is 1. The molecule has 1 aromatic carbocycles. The minimum atomic E-state index is -0.0281. The first-order valence-corrected chi connectivity index (χ1v) is 8.26. The van der Waals surface area contributed by atoms with Crippen LogP contribution in [0.2, 0.25) is 0 Å². The van der Waals surface area contributed by atoms with Crippen LogP contribution in [0.1, 0.15) is 42.6 Å². The lowest BCUT2D eigenvalue weighted by Gasteiger charge is -2.25. The number of hydrogen-bond acceptors (Lipinski definition) is 2. The molecule has 2 amide bonds. The Balaban J connectivity index is 1.77. The molecular formula is C18H24N4O. The van der Waals surface area contributed by atoms with Gasteiger partial charge in [0.05, 0.1) is 11.7 Å². The summed E-state index contributed by atoms with van der Waals surface area (Å²) in [4.78, 5) is 14.6. The summed E-state index contributed by atoms with van der Waals surface area (Å²) < 4.78 is 1.98. The Morgan fingerprint density at radius 1 is 1.30 bits per heavy atom. The van der Waals surface area contributed by atoms with Crippen LogP contribution in [-0.2, 0) is 6.54 Å². The smallest absolute Gasteiger partial charge is 0.316 e. The molecule has 0 bridgehead atoms. The van der Waals surface area contributed by atoms with E-state index in [9.17, 15) is 4.79 Å². The molecule has 1 aromatic heterocycles. The zero-order chi connectivity index (χ0) is 16.4. The molecule has 1 fully saturated rings. The molecule has 1 N–H and O–H groups in total. The van der Waals surface area contributed by atoms with E-state index in [0.29, 0.717) is 0 Å². The van der Waals surface area contributed by atoms with Crippen molar-refractivity contribution in [2.24, 2.45) is 0 Å². The second kappa shape index (κ2) is 6.44. The number of aromatic nitrogens is 2. The van der Waals surface area contributed by atoms with Crippen LogP contribution in [0.25, 0.3) is 0 Å². The fraction of sp³-hybridized carbons (Fsp3) is 0.444. The standard InChI is InChI=1S/C18H24N4O/c1-4-22-17(9-10-19-22)16-6-5-11-21(16)18(23)20-15-8-7-13(2)14(3)12-15/h7-10,12,16H,4-6,11H2,1-3H3,(H,20,23)/t16-/m1/s1. The highest BCUT2D eigenvalue weighted by molar-refractivity contribution is 5.90. The predicted molar refractivity (Wildman–Crippen MR) is 91.5 cm³/mol. The van der Waals surface area contributed by atoms with Crippen molar-refractivity contribution in [3.8, 4) is 0 Å². The van der Waals surface area contributed by atoms with Crippen LogP contribution in [0.3, 0.4) is 0 Å². The first-order valence-electron chi connectivity index (χ1n) is 8.26. The molecule has 2 heterocycles. The van der Waals surface area contributed by atoms with Gasteiger partial charge in [0.2, 0.25) is 0 Å². The van der Waals surface area contributed by atoms with Crippen LogP contribution in [0.15, 0.2) is 30.5 Å². The second-order valence-electron chi connectivity index (χ2n) is 6.15. The van der Waals surface area contributed by atoms with Gasteiger partial charge in [0.15, 0.2) is 0 Å². The Morgan fingerprint density at radius 3 is 2.87 bits per heavy atom. The summed E-state index contributed by atoms with van der Waals surface area (Å²) in [7, 11) is 0. The Bertz CT molecular complexity index is 707. The van der Waals surface area contributed by atoms with E-state index in [1.807, 2.05) is 40.0 Å². The van der Waals surface area contributed by atoms with Crippen molar-refractivity contribution >= 4 is 11.7 Å². The van der Waals surface area contributed by atoms with E-state index >= 15 is 0 Å². The zero-order valence-corrected chi connectivity index (χ0v) is 14.0. The topological polar surface area (TPSA) is 50.2 Å². The molecule has 0 radical (unpaired) electrons. The summed E-state index contributed by atoms with van der Waals surface area (Å²) in [6.07, 6.45) is 3.84. The van der Waals surface area contributed by atoms with E-state index in [0.717, 1.165) is 37.3 Å². The van der Waals surface area contributed by atoms with Gasteiger partial charge in [0.1, 0.15) is 0 Å². The van der Waals surface area contributed by atoms with Crippen molar-refractivity contribution < 1.29 is 4.79 Å². The van der Waals surface area contributed by atoms with Gasteiger partial charge in [-0.05, 0) is 62.9 Å². The minimum absolute atomic E-state index is 0.0281. The number of benzene rings is 1. The van der Waals surface area contributed by atoms with Gasteiger partial charge in [0, 0.05) is 25.0 Å². The summed E-state index contributed by atoms with van der Waals surface area (Å²) >= 11 is 0. The second-order valence-corrected chi connectivity index (χ2v) is 6.15. The van der Waals surface area contributed by atoms with E-state index in [1.54, 1.807) is 0 Å². The lowest BCUT2D eigenvalue weighted by Crippen LogP contribution is -2.35. The SMILES string of the molecule is CCn1nccc1[C@H]1CCCN1C(=O)Nc1ccc(C)c(C)c1. The van der Waals surface area contributed by atoms with E-state index in [2.05, 4.69) is 31.2 Å². The molecule has 1 aliphatic rings. The Morgan fingerprint density at radius 2 is 2.13 bits per heavy atom. The maximum atomic E-state index is 12.7. The summed E-state index contributed by atoms with van der Waals surface area (Å²) in [6, 6.07) is 8.13. The number of carbonyl (C=O) groups is 1. The van der Waals surface area contributed by atoms with Crippen LogP contribution in [-0.4, -0.2) is 27.3 Å². The number of rotatable bonds is 3. The minimum Gasteiger partial charge on any atom is -0.316 e. The molecule has 0 saturated carbocycles. The number of amides is 2. The van der Waals surface area contributed by atoms with E-state index in [1.165, 1.54) is 11.1 Å². The summed E-state index contributed by atoms with van der Waals surface area (Å²) in [6.45, 7) is 7.82. The van der Waals surface area contributed by atoms with Crippen molar-refractivity contribution in [1.82, 2.24) is 14.7 Å². The Hall–Kier alpha value is -2.30. The van der Waals surface area contributed by atoms with Crippen LogP contribution < -0.4 is 5.32 Å². The number of hydrogen-bond donors (Lipinski definition) is 1. The van der Waals surface area contributed by atoms with Crippen LogP contribution in [0.5, 0.6) is 0 Å². The number of aryl methyl sites for hydroxylation is 3. The fourth-order valence-corrected chi connectivity index (χ4v) is 3.22. The molecule has 0 unspecified atom stereocenters. The van der Waals surface area contributed by atoms with Gasteiger partial charge in [0.25, 0.3) is 0 Å². The average Bonchev–Trinajstić information content (AvgIpc) is 3.18. The Labute approximate surface area is 137 Å². The predicted octanol–water partition coefficient (Wildman–Crippen LogP) is 3.89. The summed E-state index contributed by atoms with van der Waals surface area (Å²) in [5.74, 6) is 0. The number of nitrogens with zero attached hydrogens (tertiary/aromatic N) is 3. The molecule has 3 rings (SSSR count). The average molecular weight is 312 g/mol. The first kappa shape index (κ1) is 15.6. The van der Waals surface area contributed by atoms with Gasteiger partial charge in [-0.25, -0.2) is 4.79 Å². The van der Waals surface area contributed by atoms with Crippen molar-refractivity contribution in [1.29, 1.82) is 0 Å². The van der Waals surface area contributed by atoms with Gasteiger partial charge >= 0.3 is 6.03 Å². The fourth-order valence-electron chi connectivity index (χ4n) is 3.22. The lowest BCUT2D eigenvalue weighted by molar-refractivity contribution is 0.204. The molecule has 23 heavy (non-hydrogen) atoms. The van der Waals surface area contributed by atoms with E-state index < -0.39 is 0 Å². The maximum absolute atomic E-state index is 12.7. The van der Waals surface area contributed by atoms with Crippen molar-refractivity contribution in [3.05, 3.63) is 47.3 Å². The lowest BCUT2D eigenvalue weighted by atomic mass is 10.1. The summed E-state index contributed by atoms with van der Waals surface area (Å²) in [5, 5.41) is 7.38. The third-order valence-corrected chi connectivity index (χ3v) is 4.66. The van der Waals surface area contributed by atoms with E-state index in [4.69, 9.17) is 0 Å². The first-order chi connectivity index (χ1) is 11.1. The van der Waals surface area contributed by atoms with Crippen LogP contribution in [0.4, 0.5) is 10.5 Å². The maximum Gasteiger partial charge on any atom is 0.322 e. The Kier molecular flexibility index (Phi) is 4.37. The number of anilines is 1.